The van der Waals surface area contributed by atoms with E-state index >= 15 is 0 Å². The van der Waals surface area contributed by atoms with Crippen LogP contribution in [0.25, 0.3) is 0 Å². The van der Waals surface area contributed by atoms with Gasteiger partial charge in [0.25, 0.3) is 0 Å². The highest BCUT2D eigenvalue weighted by Crippen LogP contribution is 2.32. The number of benzene rings is 1. The highest BCUT2D eigenvalue weighted by molar-refractivity contribution is 6.01. The Labute approximate surface area is 117 Å². The molecular weight excluding hydrogens is 256 g/mol. The van der Waals surface area contributed by atoms with Crippen LogP contribution < -0.4 is 10.2 Å². The Morgan fingerprint density at radius 2 is 2.30 bits per heavy atom. The summed E-state index contributed by atoms with van der Waals surface area (Å²) >= 11 is 0. The van der Waals surface area contributed by atoms with Gasteiger partial charge in [0.1, 0.15) is 0 Å². The lowest BCUT2D eigenvalue weighted by atomic mass is 10.1. The molecule has 1 saturated heterocycles. The number of esters is 1. The normalized spacial score (nSPS) is 17.8. The van der Waals surface area contributed by atoms with Crippen molar-refractivity contribution in [3.63, 3.8) is 0 Å². The molecule has 1 heterocycles. The van der Waals surface area contributed by atoms with E-state index in [4.69, 9.17) is 11.2 Å². The van der Waals surface area contributed by atoms with Crippen LogP contribution in [0.15, 0.2) is 18.2 Å². The second-order valence-electron chi connectivity index (χ2n) is 4.55. The van der Waals surface area contributed by atoms with E-state index < -0.39 is 5.97 Å². The maximum absolute atomic E-state index is 12.0. The lowest BCUT2D eigenvalue weighted by Crippen LogP contribution is -2.25. The minimum atomic E-state index is -0.436. The third kappa shape index (κ3) is 2.45. The molecule has 1 amide bonds. The molecule has 1 aliphatic rings. The van der Waals surface area contributed by atoms with Crippen LogP contribution in [0.3, 0.4) is 0 Å². The van der Waals surface area contributed by atoms with Crippen LogP contribution in [0.1, 0.15) is 16.8 Å². The fourth-order valence-corrected chi connectivity index (χ4v) is 2.26. The zero-order chi connectivity index (χ0) is 14.7. The topological polar surface area (TPSA) is 58.6 Å². The fraction of sp³-hybridized carbons (Fsp3) is 0.333. The molecule has 20 heavy (non-hydrogen) atoms. The molecule has 104 valence electrons. The van der Waals surface area contributed by atoms with Crippen molar-refractivity contribution in [2.24, 2.45) is 5.92 Å². The number of ether oxygens (including phenoxy) is 1. The molecule has 1 N–H and O–H groups in total. The standard InChI is InChI=1S/C15H16N2O3/c1-4-10-7-14(18)17(9-10)13-8-11(15(19)20-3)5-6-12(13)16-2/h1,5-6,8,10,16H,7,9H2,2-3H3. The summed E-state index contributed by atoms with van der Waals surface area (Å²) in [7, 11) is 3.08. The molecule has 1 atom stereocenters. The molecule has 1 aliphatic heterocycles. The number of methoxy groups -OCH3 is 1. The highest BCUT2D eigenvalue weighted by atomic mass is 16.5. The largest absolute Gasteiger partial charge is 0.465 e. The smallest absolute Gasteiger partial charge is 0.337 e. The molecule has 0 spiro atoms. The van der Waals surface area contributed by atoms with Crippen molar-refractivity contribution in [3.05, 3.63) is 23.8 Å². The quantitative estimate of drug-likeness (QED) is 0.669. The van der Waals surface area contributed by atoms with Crippen molar-refractivity contribution in [2.45, 2.75) is 6.42 Å². The third-order valence-electron chi connectivity index (χ3n) is 3.34. The lowest BCUT2D eigenvalue weighted by molar-refractivity contribution is -0.117. The molecule has 0 aromatic heterocycles. The second-order valence-corrected chi connectivity index (χ2v) is 4.55. The average Bonchev–Trinajstić information content (AvgIpc) is 2.86. The SMILES string of the molecule is C#CC1CC(=O)N(c2cc(C(=O)OC)ccc2NC)C1. The second kappa shape index (κ2) is 5.66. The number of hydrogen-bond acceptors (Lipinski definition) is 4. The van der Waals surface area contributed by atoms with Gasteiger partial charge in [0.05, 0.1) is 24.0 Å². The van der Waals surface area contributed by atoms with Crippen molar-refractivity contribution >= 4 is 23.3 Å². The molecule has 1 aromatic carbocycles. The van der Waals surface area contributed by atoms with Crippen LogP contribution in [0.2, 0.25) is 0 Å². The van der Waals surface area contributed by atoms with E-state index in [0.717, 1.165) is 5.69 Å². The molecule has 0 saturated carbocycles. The minimum absolute atomic E-state index is 0.0357. The maximum Gasteiger partial charge on any atom is 0.337 e. The Morgan fingerprint density at radius 3 is 2.85 bits per heavy atom. The number of carbonyl (C=O) groups excluding carboxylic acids is 2. The monoisotopic (exact) mass is 272 g/mol. The van der Waals surface area contributed by atoms with Gasteiger partial charge in [0, 0.05) is 25.9 Å². The molecular formula is C15H16N2O3. The lowest BCUT2D eigenvalue weighted by Gasteiger charge is -2.20. The molecule has 2 rings (SSSR count). The van der Waals surface area contributed by atoms with Gasteiger partial charge >= 0.3 is 5.97 Å². The van der Waals surface area contributed by atoms with Gasteiger partial charge in [-0.1, -0.05) is 0 Å². The summed E-state index contributed by atoms with van der Waals surface area (Å²) in [5, 5.41) is 3.01. The van der Waals surface area contributed by atoms with Gasteiger partial charge in [-0.15, -0.1) is 12.3 Å². The van der Waals surface area contributed by atoms with E-state index in [-0.39, 0.29) is 11.8 Å². The zero-order valence-electron chi connectivity index (χ0n) is 11.5. The summed E-state index contributed by atoms with van der Waals surface area (Å²) in [6.07, 6.45) is 5.72. The summed E-state index contributed by atoms with van der Waals surface area (Å²) < 4.78 is 4.70. The van der Waals surface area contributed by atoms with Crippen LogP contribution in [0.4, 0.5) is 11.4 Å². The Morgan fingerprint density at radius 1 is 1.55 bits per heavy atom. The van der Waals surface area contributed by atoms with Crippen LogP contribution in [-0.4, -0.2) is 32.6 Å². The fourth-order valence-electron chi connectivity index (χ4n) is 2.26. The number of nitrogens with one attached hydrogen (secondary N) is 1. The first-order valence-electron chi connectivity index (χ1n) is 6.27. The van der Waals surface area contributed by atoms with Crippen LogP contribution in [-0.2, 0) is 9.53 Å². The van der Waals surface area contributed by atoms with Crippen LogP contribution in [0.5, 0.6) is 0 Å². The predicted octanol–water partition coefficient (Wildman–Crippen LogP) is 1.50. The number of terminal acetylenes is 1. The minimum Gasteiger partial charge on any atom is -0.465 e. The molecule has 0 aliphatic carbocycles. The van der Waals surface area contributed by atoms with Crippen molar-refractivity contribution in [2.75, 3.05) is 30.9 Å². The summed E-state index contributed by atoms with van der Waals surface area (Å²) in [4.78, 5) is 25.3. The molecule has 1 unspecified atom stereocenters. The zero-order valence-corrected chi connectivity index (χ0v) is 11.5. The average molecular weight is 272 g/mol. The number of nitrogens with zero attached hydrogens (tertiary/aromatic N) is 1. The maximum atomic E-state index is 12.0. The van der Waals surface area contributed by atoms with Gasteiger partial charge in [-0.3, -0.25) is 4.79 Å². The molecule has 5 nitrogen and oxygen atoms in total. The van der Waals surface area contributed by atoms with Gasteiger partial charge in [0.15, 0.2) is 0 Å². The van der Waals surface area contributed by atoms with E-state index in [9.17, 15) is 9.59 Å². The van der Waals surface area contributed by atoms with E-state index in [1.165, 1.54) is 7.11 Å². The van der Waals surface area contributed by atoms with E-state index in [1.807, 2.05) is 0 Å². The van der Waals surface area contributed by atoms with Crippen LogP contribution >= 0.6 is 0 Å². The van der Waals surface area contributed by atoms with Crippen molar-refractivity contribution in [1.82, 2.24) is 0 Å². The van der Waals surface area contributed by atoms with Gasteiger partial charge in [-0.05, 0) is 18.2 Å². The number of anilines is 2. The van der Waals surface area contributed by atoms with Crippen molar-refractivity contribution in [3.8, 4) is 12.3 Å². The molecule has 5 heteroatoms. The van der Waals surface area contributed by atoms with Gasteiger partial charge in [0.2, 0.25) is 5.91 Å². The van der Waals surface area contributed by atoms with E-state index in [2.05, 4.69) is 11.2 Å². The summed E-state index contributed by atoms with van der Waals surface area (Å²) in [6, 6.07) is 5.05. The number of carbonyl (C=O) groups is 2. The van der Waals surface area contributed by atoms with Crippen molar-refractivity contribution in [1.29, 1.82) is 0 Å². The predicted molar refractivity (Wildman–Crippen MR) is 76.6 cm³/mol. The first kappa shape index (κ1) is 13.9. The molecule has 1 aromatic rings. The van der Waals surface area contributed by atoms with Gasteiger partial charge < -0.3 is 15.0 Å². The van der Waals surface area contributed by atoms with E-state index in [1.54, 1.807) is 30.1 Å². The van der Waals surface area contributed by atoms with Crippen molar-refractivity contribution < 1.29 is 14.3 Å². The highest BCUT2D eigenvalue weighted by Gasteiger charge is 2.31. The summed E-state index contributed by atoms with van der Waals surface area (Å²) in [5.74, 6) is 2.04. The van der Waals surface area contributed by atoms with Crippen LogP contribution in [0, 0.1) is 18.3 Å². The number of hydrogen-bond donors (Lipinski definition) is 1. The Kier molecular flexibility index (Phi) is 3.94. The Bertz CT molecular complexity index is 589. The molecule has 0 radical (unpaired) electrons. The number of rotatable bonds is 3. The first-order valence-corrected chi connectivity index (χ1v) is 6.27. The number of amides is 1. The Balaban J connectivity index is 2.41. The third-order valence-corrected chi connectivity index (χ3v) is 3.34. The first-order chi connectivity index (χ1) is 9.60. The summed E-state index contributed by atoms with van der Waals surface area (Å²) in [5.41, 5.74) is 1.82. The van der Waals surface area contributed by atoms with Gasteiger partial charge in [-0.2, -0.15) is 0 Å². The Hall–Kier alpha value is -2.48. The molecule has 0 bridgehead atoms. The van der Waals surface area contributed by atoms with Gasteiger partial charge in [-0.25, -0.2) is 4.79 Å². The van der Waals surface area contributed by atoms with E-state index in [0.29, 0.717) is 24.2 Å². The summed E-state index contributed by atoms with van der Waals surface area (Å²) in [6.45, 7) is 0.467. The molecule has 1 fully saturated rings.